The number of piperidine rings is 1. The first-order chi connectivity index (χ1) is 16.1. The summed E-state index contributed by atoms with van der Waals surface area (Å²) in [5.41, 5.74) is 5.38. The lowest BCUT2D eigenvalue weighted by atomic mass is 9.90. The summed E-state index contributed by atoms with van der Waals surface area (Å²) >= 11 is 0. The second kappa shape index (κ2) is 8.98. The molecule has 4 aromatic rings. The molecule has 1 unspecified atom stereocenters. The number of hydrogen-bond acceptors (Lipinski definition) is 5. The molecule has 6 nitrogen and oxygen atoms in total. The second-order valence-corrected chi connectivity index (χ2v) is 8.65. The number of nitrogens with zero attached hydrogens (tertiary/aromatic N) is 4. The highest BCUT2D eigenvalue weighted by molar-refractivity contribution is 5.94. The Morgan fingerprint density at radius 3 is 2.58 bits per heavy atom. The molecule has 0 bridgehead atoms. The molecular formula is C27H26N4O2. The maximum Gasteiger partial charge on any atom is 0.253 e. The van der Waals surface area contributed by atoms with Crippen molar-refractivity contribution >= 4 is 5.91 Å². The molecule has 1 aliphatic heterocycles. The summed E-state index contributed by atoms with van der Waals surface area (Å²) in [7, 11) is 0. The predicted octanol–water partition coefficient (Wildman–Crippen LogP) is 5.44. The van der Waals surface area contributed by atoms with Gasteiger partial charge in [0.05, 0.1) is 17.0 Å². The number of rotatable bonds is 4. The molecule has 0 N–H and O–H groups in total. The third-order valence-electron chi connectivity index (χ3n) is 6.14. The van der Waals surface area contributed by atoms with Crippen molar-refractivity contribution in [1.29, 1.82) is 0 Å². The van der Waals surface area contributed by atoms with E-state index < -0.39 is 0 Å². The Hall–Kier alpha value is -3.80. The van der Waals surface area contributed by atoms with E-state index in [1.165, 1.54) is 0 Å². The fourth-order valence-electron chi connectivity index (χ4n) is 4.38. The lowest BCUT2D eigenvalue weighted by molar-refractivity contribution is 0.0706. The average molecular weight is 439 g/mol. The number of carbonyl (C=O) groups excluding carboxylic acids is 1. The van der Waals surface area contributed by atoms with Crippen molar-refractivity contribution in [1.82, 2.24) is 20.0 Å². The zero-order valence-electron chi connectivity index (χ0n) is 18.9. The van der Waals surface area contributed by atoms with Gasteiger partial charge in [-0.1, -0.05) is 53.2 Å². The van der Waals surface area contributed by atoms with Gasteiger partial charge in [0.25, 0.3) is 5.91 Å². The zero-order chi connectivity index (χ0) is 22.8. The molecule has 33 heavy (non-hydrogen) atoms. The van der Waals surface area contributed by atoms with Gasteiger partial charge in [-0.15, -0.1) is 0 Å². The molecule has 6 heteroatoms. The summed E-state index contributed by atoms with van der Waals surface area (Å²) < 4.78 is 5.57. The second-order valence-electron chi connectivity index (χ2n) is 8.65. The fourth-order valence-corrected chi connectivity index (χ4v) is 4.38. The molecule has 3 heterocycles. The minimum absolute atomic E-state index is 0.0640. The van der Waals surface area contributed by atoms with E-state index in [-0.39, 0.29) is 11.8 Å². The van der Waals surface area contributed by atoms with Gasteiger partial charge >= 0.3 is 0 Å². The summed E-state index contributed by atoms with van der Waals surface area (Å²) in [5.74, 6) is 1.48. The van der Waals surface area contributed by atoms with E-state index in [4.69, 9.17) is 9.51 Å². The van der Waals surface area contributed by atoms with Gasteiger partial charge in [-0.25, -0.2) is 9.97 Å². The van der Waals surface area contributed by atoms with Crippen LogP contribution in [0.3, 0.4) is 0 Å². The van der Waals surface area contributed by atoms with Crippen LogP contribution in [0.2, 0.25) is 0 Å². The summed E-state index contributed by atoms with van der Waals surface area (Å²) in [4.78, 5) is 24.8. The predicted molar refractivity (Wildman–Crippen MR) is 127 cm³/mol. The number of aryl methyl sites for hydroxylation is 2. The molecule has 0 saturated carbocycles. The van der Waals surface area contributed by atoms with Crippen LogP contribution in [0.5, 0.6) is 0 Å². The van der Waals surface area contributed by atoms with E-state index in [9.17, 15) is 4.79 Å². The van der Waals surface area contributed by atoms with Crippen molar-refractivity contribution in [2.45, 2.75) is 32.6 Å². The molecule has 0 aliphatic carbocycles. The molecule has 1 aliphatic rings. The Labute approximate surface area is 193 Å². The van der Waals surface area contributed by atoms with Crippen molar-refractivity contribution in [2.75, 3.05) is 13.1 Å². The van der Waals surface area contributed by atoms with Crippen LogP contribution in [0.25, 0.3) is 22.7 Å². The van der Waals surface area contributed by atoms with Crippen LogP contribution < -0.4 is 0 Å². The van der Waals surface area contributed by atoms with Crippen molar-refractivity contribution < 1.29 is 9.32 Å². The Morgan fingerprint density at radius 2 is 1.85 bits per heavy atom. The summed E-state index contributed by atoms with van der Waals surface area (Å²) in [6.07, 6.45) is 3.69. The fraction of sp³-hybridized carbons (Fsp3) is 0.259. The van der Waals surface area contributed by atoms with Crippen LogP contribution in [-0.2, 0) is 0 Å². The standard InChI is InChI=1S/C27H26N4O2/c1-18-10-12-21(13-11-18)27(32)31-14-6-9-22(17-31)25-23(24-15-19(2)30-33-24)16-28-26(29-25)20-7-4-3-5-8-20/h3-5,7-8,10-13,15-16,22H,6,9,14,17H2,1-2H3. The van der Waals surface area contributed by atoms with Gasteiger partial charge in [-0.05, 0) is 38.8 Å². The Morgan fingerprint density at radius 1 is 1.06 bits per heavy atom. The number of aromatic nitrogens is 3. The minimum atomic E-state index is 0.0640. The molecule has 0 radical (unpaired) electrons. The highest BCUT2D eigenvalue weighted by Gasteiger charge is 2.29. The van der Waals surface area contributed by atoms with Crippen LogP contribution >= 0.6 is 0 Å². The average Bonchev–Trinajstić information content (AvgIpc) is 3.30. The van der Waals surface area contributed by atoms with Crippen molar-refractivity contribution in [3.63, 3.8) is 0 Å². The van der Waals surface area contributed by atoms with Crippen LogP contribution in [0.15, 0.2) is 71.4 Å². The van der Waals surface area contributed by atoms with Crippen molar-refractivity contribution in [2.24, 2.45) is 0 Å². The minimum Gasteiger partial charge on any atom is -0.356 e. The molecule has 0 spiro atoms. The van der Waals surface area contributed by atoms with Gasteiger partial charge in [0, 0.05) is 42.4 Å². The summed E-state index contributed by atoms with van der Waals surface area (Å²) in [6.45, 7) is 5.28. The smallest absolute Gasteiger partial charge is 0.253 e. The quantitative estimate of drug-likeness (QED) is 0.424. The lowest BCUT2D eigenvalue weighted by Crippen LogP contribution is -2.39. The molecule has 1 atom stereocenters. The summed E-state index contributed by atoms with van der Waals surface area (Å²) in [5, 5.41) is 4.05. The first-order valence-corrected chi connectivity index (χ1v) is 11.3. The molecular weight excluding hydrogens is 412 g/mol. The maximum absolute atomic E-state index is 13.2. The van der Waals surface area contributed by atoms with Gasteiger partial charge in [0.1, 0.15) is 0 Å². The SMILES string of the molecule is Cc1ccc(C(=O)N2CCCC(c3nc(-c4ccccc4)ncc3-c3cc(C)no3)C2)cc1. The normalized spacial score (nSPS) is 16.1. The first-order valence-electron chi connectivity index (χ1n) is 11.3. The van der Waals surface area contributed by atoms with Crippen molar-refractivity contribution in [3.05, 3.63) is 89.4 Å². The molecule has 1 saturated heterocycles. The number of amides is 1. The van der Waals surface area contributed by atoms with E-state index in [0.29, 0.717) is 18.1 Å². The Bertz CT molecular complexity index is 1270. The first kappa shape index (κ1) is 21.1. The van der Waals surface area contributed by atoms with E-state index in [1.54, 1.807) is 0 Å². The van der Waals surface area contributed by atoms with E-state index in [0.717, 1.165) is 53.0 Å². The molecule has 2 aromatic heterocycles. The molecule has 166 valence electrons. The Balaban J connectivity index is 1.50. The largest absolute Gasteiger partial charge is 0.356 e. The van der Waals surface area contributed by atoms with Crippen molar-refractivity contribution in [3.8, 4) is 22.7 Å². The van der Waals surface area contributed by atoms with E-state index >= 15 is 0 Å². The zero-order valence-corrected chi connectivity index (χ0v) is 18.9. The van der Waals surface area contributed by atoms with Gasteiger partial charge in [-0.2, -0.15) is 0 Å². The highest BCUT2D eigenvalue weighted by Crippen LogP contribution is 2.35. The van der Waals surface area contributed by atoms with Gasteiger partial charge in [-0.3, -0.25) is 4.79 Å². The molecule has 2 aromatic carbocycles. The number of hydrogen-bond donors (Lipinski definition) is 0. The van der Waals surface area contributed by atoms with Crippen LogP contribution in [0, 0.1) is 13.8 Å². The van der Waals surface area contributed by atoms with E-state index in [2.05, 4.69) is 10.1 Å². The molecule has 1 amide bonds. The maximum atomic E-state index is 13.2. The topological polar surface area (TPSA) is 72.1 Å². The lowest BCUT2D eigenvalue weighted by Gasteiger charge is -2.33. The monoisotopic (exact) mass is 438 g/mol. The van der Waals surface area contributed by atoms with Crippen LogP contribution in [-0.4, -0.2) is 39.0 Å². The third-order valence-corrected chi connectivity index (χ3v) is 6.14. The summed E-state index contributed by atoms with van der Waals surface area (Å²) in [6, 6.07) is 19.6. The van der Waals surface area contributed by atoms with Gasteiger partial charge in [0.2, 0.25) is 0 Å². The van der Waals surface area contributed by atoms with Crippen LogP contribution in [0.4, 0.5) is 0 Å². The molecule has 1 fully saturated rings. The highest BCUT2D eigenvalue weighted by atomic mass is 16.5. The molecule has 5 rings (SSSR count). The third kappa shape index (κ3) is 4.42. The van der Waals surface area contributed by atoms with Crippen LogP contribution in [0.1, 0.15) is 46.1 Å². The van der Waals surface area contributed by atoms with E-state index in [1.807, 2.05) is 85.6 Å². The van der Waals surface area contributed by atoms with Gasteiger partial charge < -0.3 is 9.42 Å². The number of benzene rings is 2. The number of likely N-dealkylation sites (tertiary alicyclic amines) is 1. The van der Waals surface area contributed by atoms with Gasteiger partial charge in [0.15, 0.2) is 11.6 Å². The Kier molecular flexibility index (Phi) is 5.73. The number of carbonyl (C=O) groups is 1.